The highest BCUT2D eigenvalue weighted by Crippen LogP contribution is 2.49. The molecule has 18 heavy (non-hydrogen) atoms. The topological polar surface area (TPSA) is 12.0 Å². The fraction of sp³-hybridized carbons (Fsp3) is 0.200. The average Bonchev–Trinajstić information content (AvgIpc) is 2.33. The number of hydrogen-bond donors (Lipinski definition) is 1. The van der Waals surface area contributed by atoms with Crippen molar-refractivity contribution < 1.29 is 0 Å². The van der Waals surface area contributed by atoms with Gasteiger partial charge < -0.3 is 5.32 Å². The van der Waals surface area contributed by atoms with Crippen LogP contribution < -0.4 is 5.32 Å². The van der Waals surface area contributed by atoms with Crippen LogP contribution in [0.3, 0.4) is 0 Å². The van der Waals surface area contributed by atoms with Crippen LogP contribution in [0.5, 0.6) is 0 Å². The van der Waals surface area contributed by atoms with E-state index in [-0.39, 0.29) is 5.41 Å². The van der Waals surface area contributed by atoms with Gasteiger partial charge in [-0.2, -0.15) is 0 Å². The first kappa shape index (κ1) is 12.2. The Bertz CT molecular complexity index is 632. The normalized spacial score (nSPS) is 15.6. The molecule has 0 bridgehead atoms. The van der Waals surface area contributed by atoms with E-state index in [1.807, 2.05) is 0 Å². The molecule has 0 fully saturated rings. The van der Waals surface area contributed by atoms with Crippen LogP contribution in [-0.2, 0) is 5.41 Å². The average molecular weight is 367 g/mol. The van der Waals surface area contributed by atoms with Crippen molar-refractivity contribution in [3.8, 4) is 0 Å². The van der Waals surface area contributed by atoms with Crippen molar-refractivity contribution in [2.45, 2.75) is 19.3 Å². The van der Waals surface area contributed by atoms with Crippen molar-refractivity contribution in [2.75, 3.05) is 5.32 Å². The van der Waals surface area contributed by atoms with E-state index >= 15 is 0 Å². The molecule has 1 aliphatic heterocycles. The third kappa shape index (κ3) is 1.64. The van der Waals surface area contributed by atoms with Gasteiger partial charge in [-0.15, -0.1) is 0 Å². The molecule has 3 heteroatoms. The molecule has 0 radical (unpaired) electrons. The van der Waals surface area contributed by atoms with Crippen molar-refractivity contribution in [1.82, 2.24) is 0 Å². The molecular formula is C15H13Br2N. The summed E-state index contributed by atoms with van der Waals surface area (Å²) in [6.07, 6.45) is 0. The zero-order valence-corrected chi connectivity index (χ0v) is 13.4. The molecular weight excluding hydrogens is 354 g/mol. The van der Waals surface area contributed by atoms with Crippen LogP contribution in [0.4, 0.5) is 11.4 Å². The summed E-state index contributed by atoms with van der Waals surface area (Å²) in [5.41, 5.74) is 4.99. The number of halogens is 2. The van der Waals surface area contributed by atoms with Crippen LogP contribution in [0.25, 0.3) is 0 Å². The highest BCUT2D eigenvalue weighted by Gasteiger charge is 2.34. The van der Waals surface area contributed by atoms with Crippen LogP contribution in [0.15, 0.2) is 45.3 Å². The minimum atomic E-state index is -0.0141. The fourth-order valence-corrected chi connectivity index (χ4v) is 3.85. The van der Waals surface area contributed by atoms with E-state index < -0.39 is 0 Å². The number of para-hydroxylation sites is 1. The van der Waals surface area contributed by atoms with Crippen LogP contribution >= 0.6 is 31.9 Å². The lowest BCUT2D eigenvalue weighted by molar-refractivity contribution is 0.634. The Kier molecular flexibility index (Phi) is 2.79. The van der Waals surface area contributed by atoms with E-state index in [9.17, 15) is 0 Å². The molecule has 0 saturated heterocycles. The first-order chi connectivity index (χ1) is 8.51. The summed E-state index contributed by atoms with van der Waals surface area (Å²) >= 11 is 7.30. The van der Waals surface area contributed by atoms with Crippen molar-refractivity contribution in [1.29, 1.82) is 0 Å². The molecule has 0 saturated carbocycles. The van der Waals surface area contributed by atoms with Gasteiger partial charge in [0.15, 0.2) is 0 Å². The van der Waals surface area contributed by atoms with Crippen molar-refractivity contribution in [3.05, 3.63) is 56.5 Å². The molecule has 2 aromatic rings. The van der Waals surface area contributed by atoms with Gasteiger partial charge in [0.05, 0.1) is 0 Å². The van der Waals surface area contributed by atoms with Crippen molar-refractivity contribution in [2.24, 2.45) is 0 Å². The monoisotopic (exact) mass is 365 g/mol. The summed E-state index contributed by atoms with van der Waals surface area (Å²) in [5.74, 6) is 0. The molecule has 1 heterocycles. The number of benzene rings is 2. The fourth-order valence-electron chi connectivity index (χ4n) is 2.68. The van der Waals surface area contributed by atoms with E-state index in [1.165, 1.54) is 22.5 Å². The van der Waals surface area contributed by atoms with E-state index in [1.54, 1.807) is 0 Å². The predicted octanol–water partition coefficient (Wildman–Crippen LogP) is 5.59. The molecule has 2 aromatic carbocycles. The summed E-state index contributed by atoms with van der Waals surface area (Å²) in [6.45, 7) is 4.53. The summed E-state index contributed by atoms with van der Waals surface area (Å²) in [4.78, 5) is 0. The Balaban J connectivity index is 2.33. The molecule has 1 nitrogen and oxygen atoms in total. The van der Waals surface area contributed by atoms with Gasteiger partial charge in [0.1, 0.15) is 0 Å². The Morgan fingerprint density at radius 1 is 0.944 bits per heavy atom. The lowest BCUT2D eigenvalue weighted by Crippen LogP contribution is -2.26. The van der Waals surface area contributed by atoms with Gasteiger partial charge in [0.25, 0.3) is 0 Å². The van der Waals surface area contributed by atoms with E-state index in [4.69, 9.17) is 0 Å². The van der Waals surface area contributed by atoms with Gasteiger partial charge in [-0.25, -0.2) is 0 Å². The van der Waals surface area contributed by atoms with Gasteiger partial charge in [-0.1, -0.05) is 32.0 Å². The second-order valence-corrected chi connectivity index (χ2v) is 6.73. The van der Waals surface area contributed by atoms with E-state index in [0.717, 1.165) is 8.95 Å². The minimum Gasteiger partial charge on any atom is -0.355 e. The Labute approximate surface area is 124 Å². The summed E-state index contributed by atoms with van der Waals surface area (Å²) in [7, 11) is 0. The zero-order valence-electron chi connectivity index (χ0n) is 10.2. The second-order valence-electron chi connectivity index (χ2n) is 5.08. The number of anilines is 2. The maximum Gasteiger partial charge on any atom is 0.0438 e. The van der Waals surface area contributed by atoms with Gasteiger partial charge >= 0.3 is 0 Å². The summed E-state index contributed by atoms with van der Waals surface area (Å²) in [6, 6.07) is 12.7. The smallest absolute Gasteiger partial charge is 0.0438 e. The first-order valence-electron chi connectivity index (χ1n) is 5.87. The maximum atomic E-state index is 3.71. The molecule has 3 rings (SSSR count). The van der Waals surface area contributed by atoms with Crippen molar-refractivity contribution in [3.63, 3.8) is 0 Å². The molecule has 1 N–H and O–H groups in total. The lowest BCUT2D eigenvalue weighted by Gasteiger charge is -2.36. The van der Waals surface area contributed by atoms with Gasteiger partial charge in [-0.05, 0) is 55.6 Å². The van der Waals surface area contributed by atoms with Crippen LogP contribution in [0.1, 0.15) is 25.0 Å². The van der Waals surface area contributed by atoms with E-state index in [2.05, 4.69) is 87.4 Å². The highest BCUT2D eigenvalue weighted by molar-refractivity contribution is 9.13. The highest BCUT2D eigenvalue weighted by atomic mass is 79.9. The first-order valence-corrected chi connectivity index (χ1v) is 7.45. The maximum absolute atomic E-state index is 3.71. The molecule has 0 aromatic heterocycles. The van der Waals surface area contributed by atoms with E-state index in [0.29, 0.717) is 0 Å². The lowest BCUT2D eigenvalue weighted by atomic mass is 9.74. The summed E-state index contributed by atoms with van der Waals surface area (Å²) in [5, 5.41) is 3.51. The molecule has 0 spiro atoms. The quantitative estimate of drug-likeness (QED) is 0.640. The molecule has 0 aliphatic carbocycles. The third-order valence-corrected chi connectivity index (χ3v) is 5.61. The van der Waals surface area contributed by atoms with Crippen LogP contribution in [0, 0.1) is 0 Å². The molecule has 92 valence electrons. The number of fused-ring (bicyclic) bond motifs is 2. The molecule has 0 atom stereocenters. The molecule has 0 unspecified atom stereocenters. The van der Waals surface area contributed by atoms with Gasteiger partial charge in [0, 0.05) is 31.3 Å². The summed E-state index contributed by atoms with van der Waals surface area (Å²) < 4.78 is 2.22. The minimum absolute atomic E-state index is 0.0141. The second kappa shape index (κ2) is 4.10. The Hall–Kier alpha value is -0.800. The largest absolute Gasteiger partial charge is 0.355 e. The Morgan fingerprint density at radius 2 is 1.67 bits per heavy atom. The molecule has 1 aliphatic rings. The molecule has 0 amide bonds. The number of rotatable bonds is 0. The SMILES string of the molecule is CC1(C)c2ccccc2Nc2ccc(Br)c(Br)c21. The van der Waals surface area contributed by atoms with Crippen molar-refractivity contribution >= 4 is 43.2 Å². The van der Waals surface area contributed by atoms with Crippen LogP contribution in [-0.4, -0.2) is 0 Å². The van der Waals surface area contributed by atoms with Gasteiger partial charge in [0.2, 0.25) is 0 Å². The number of hydrogen-bond acceptors (Lipinski definition) is 1. The van der Waals surface area contributed by atoms with Crippen LogP contribution in [0.2, 0.25) is 0 Å². The van der Waals surface area contributed by atoms with Gasteiger partial charge in [-0.3, -0.25) is 0 Å². The zero-order chi connectivity index (χ0) is 12.9. The standard InChI is InChI=1S/C15H13Br2N/c1-15(2)9-5-3-4-6-11(9)18-12-8-7-10(16)14(17)13(12)15/h3-8,18H,1-2H3. The third-order valence-electron chi connectivity index (χ3n) is 3.59. The predicted molar refractivity (Wildman–Crippen MR) is 83.7 cm³/mol. The number of nitrogens with one attached hydrogen (secondary N) is 1. The Morgan fingerprint density at radius 3 is 2.44 bits per heavy atom.